The molecule has 0 saturated carbocycles. The second kappa shape index (κ2) is 6.06. The lowest BCUT2D eigenvalue weighted by atomic mass is 9.99. The van der Waals surface area contributed by atoms with Gasteiger partial charge in [0, 0.05) is 12.1 Å². The smallest absolute Gasteiger partial charge is 0.405 e. The zero-order chi connectivity index (χ0) is 14.6. The van der Waals surface area contributed by atoms with Crippen molar-refractivity contribution in [2.45, 2.75) is 71.1 Å². The molecule has 0 aliphatic heterocycles. The Balaban J connectivity index is 4.04. The van der Waals surface area contributed by atoms with Gasteiger partial charge in [-0.15, -0.1) is 0 Å². The highest BCUT2D eigenvalue weighted by Gasteiger charge is 2.36. The van der Waals surface area contributed by atoms with Gasteiger partial charge in [0.15, 0.2) is 8.32 Å². The van der Waals surface area contributed by atoms with Crippen molar-refractivity contribution in [3.8, 4) is 0 Å². The van der Waals surface area contributed by atoms with Gasteiger partial charge in [0.1, 0.15) is 0 Å². The predicted octanol–water partition coefficient (Wildman–Crippen LogP) is 3.83. The highest BCUT2D eigenvalue weighted by atomic mass is 28.4. The lowest BCUT2D eigenvalue weighted by Gasteiger charge is -2.36. The normalized spacial score (nSPS) is 13.5. The van der Waals surface area contributed by atoms with Gasteiger partial charge in [0.2, 0.25) is 0 Å². The van der Waals surface area contributed by atoms with Crippen LogP contribution in [-0.4, -0.2) is 31.7 Å². The summed E-state index contributed by atoms with van der Waals surface area (Å²) < 4.78 is 6.06. The highest BCUT2D eigenvalue weighted by Crippen LogP contribution is 2.36. The van der Waals surface area contributed by atoms with Crippen molar-refractivity contribution in [1.82, 2.24) is 5.32 Å². The SMILES string of the molecule is CC(C)(CCCO[Si](C)(C)C(C)(C)C)NC(=O)O. The minimum Gasteiger partial charge on any atom is -0.465 e. The summed E-state index contributed by atoms with van der Waals surface area (Å²) in [5, 5.41) is 11.4. The predicted molar refractivity (Wildman–Crippen MR) is 77.6 cm³/mol. The minimum atomic E-state index is -1.67. The molecular weight excluding hydrogens is 246 g/mol. The number of hydrogen-bond acceptors (Lipinski definition) is 2. The van der Waals surface area contributed by atoms with E-state index in [-0.39, 0.29) is 10.6 Å². The summed E-state index contributed by atoms with van der Waals surface area (Å²) >= 11 is 0. The molecule has 0 spiro atoms. The van der Waals surface area contributed by atoms with E-state index in [1.165, 1.54) is 0 Å². The summed E-state index contributed by atoms with van der Waals surface area (Å²) in [7, 11) is -1.67. The average Bonchev–Trinajstić information content (AvgIpc) is 2.08. The van der Waals surface area contributed by atoms with Crippen molar-refractivity contribution in [1.29, 1.82) is 0 Å². The fourth-order valence-electron chi connectivity index (χ4n) is 1.41. The lowest BCUT2D eigenvalue weighted by Crippen LogP contribution is -2.43. The van der Waals surface area contributed by atoms with Crippen LogP contribution in [0.25, 0.3) is 0 Å². The summed E-state index contributed by atoms with van der Waals surface area (Å²) in [6.07, 6.45) is 0.693. The number of carbonyl (C=O) groups is 1. The van der Waals surface area contributed by atoms with E-state index in [0.29, 0.717) is 6.61 Å². The van der Waals surface area contributed by atoms with Crippen LogP contribution in [0.3, 0.4) is 0 Å². The molecule has 0 aliphatic carbocycles. The van der Waals surface area contributed by atoms with Crippen molar-refractivity contribution in [3.63, 3.8) is 0 Å². The monoisotopic (exact) mass is 275 g/mol. The number of hydrogen-bond donors (Lipinski definition) is 2. The van der Waals surface area contributed by atoms with E-state index in [0.717, 1.165) is 12.8 Å². The summed E-state index contributed by atoms with van der Waals surface area (Å²) in [5.74, 6) is 0. The molecule has 108 valence electrons. The standard InChI is InChI=1S/C13H29NO3Si/c1-12(2,3)18(6,7)17-10-8-9-13(4,5)14-11(15)16/h14H,8-10H2,1-7H3,(H,15,16). The topological polar surface area (TPSA) is 58.6 Å². The maximum absolute atomic E-state index is 10.6. The van der Waals surface area contributed by atoms with Crippen LogP contribution in [0, 0.1) is 0 Å². The zero-order valence-electron chi connectivity index (χ0n) is 12.9. The van der Waals surface area contributed by atoms with Crippen molar-refractivity contribution in [3.05, 3.63) is 0 Å². The highest BCUT2D eigenvalue weighted by molar-refractivity contribution is 6.74. The molecule has 18 heavy (non-hydrogen) atoms. The molecule has 0 radical (unpaired) electrons. The van der Waals surface area contributed by atoms with Crippen molar-refractivity contribution in [2.24, 2.45) is 0 Å². The van der Waals surface area contributed by atoms with E-state index < -0.39 is 14.4 Å². The molecule has 0 unspecified atom stereocenters. The molecular formula is C13H29NO3Si. The second-order valence-corrected chi connectivity index (χ2v) is 11.8. The van der Waals surface area contributed by atoms with Crippen LogP contribution in [-0.2, 0) is 4.43 Å². The van der Waals surface area contributed by atoms with Gasteiger partial charge < -0.3 is 14.8 Å². The molecule has 0 aromatic carbocycles. The Kier molecular flexibility index (Phi) is 5.87. The molecule has 0 heterocycles. The molecule has 0 aliphatic rings. The summed E-state index contributed by atoms with van der Waals surface area (Å²) in [6.45, 7) is 15.6. The third kappa shape index (κ3) is 6.40. The van der Waals surface area contributed by atoms with Gasteiger partial charge in [-0.3, -0.25) is 0 Å². The molecule has 0 atom stereocenters. The fourth-order valence-corrected chi connectivity index (χ4v) is 2.50. The van der Waals surface area contributed by atoms with Gasteiger partial charge >= 0.3 is 6.09 Å². The fraction of sp³-hybridized carbons (Fsp3) is 0.923. The first-order valence-electron chi connectivity index (χ1n) is 6.52. The lowest BCUT2D eigenvalue weighted by molar-refractivity contribution is 0.177. The Bertz CT molecular complexity index is 282. The van der Waals surface area contributed by atoms with Crippen LogP contribution in [0.1, 0.15) is 47.5 Å². The maximum atomic E-state index is 10.6. The van der Waals surface area contributed by atoms with Gasteiger partial charge in [0.05, 0.1) is 0 Å². The van der Waals surface area contributed by atoms with Gasteiger partial charge in [-0.25, -0.2) is 4.79 Å². The molecule has 0 saturated heterocycles. The number of nitrogens with one attached hydrogen (secondary N) is 1. The van der Waals surface area contributed by atoms with Crippen LogP contribution in [0.2, 0.25) is 18.1 Å². The quantitative estimate of drug-likeness (QED) is 0.572. The Morgan fingerprint density at radius 1 is 1.22 bits per heavy atom. The van der Waals surface area contributed by atoms with Crippen LogP contribution < -0.4 is 5.32 Å². The summed E-state index contributed by atoms with van der Waals surface area (Å²) in [5.41, 5.74) is -0.386. The van der Waals surface area contributed by atoms with E-state index in [1.54, 1.807) is 0 Å². The first-order chi connectivity index (χ1) is 7.87. The molecule has 0 fully saturated rings. The number of amides is 1. The van der Waals surface area contributed by atoms with Gasteiger partial charge in [-0.05, 0) is 44.8 Å². The Morgan fingerprint density at radius 2 is 1.72 bits per heavy atom. The van der Waals surface area contributed by atoms with Gasteiger partial charge in [-0.2, -0.15) is 0 Å². The van der Waals surface area contributed by atoms with E-state index in [2.05, 4.69) is 39.2 Å². The van der Waals surface area contributed by atoms with Crippen molar-refractivity contribution in [2.75, 3.05) is 6.61 Å². The first kappa shape index (κ1) is 17.4. The van der Waals surface area contributed by atoms with Crippen LogP contribution in [0.15, 0.2) is 0 Å². The van der Waals surface area contributed by atoms with E-state index in [9.17, 15) is 4.79 Å². The summed E-state index contributed by atoms with van der Waals surface area (Å²) in [4.78, 5) is 10.6. The van der Waals surface area contributed by atoms with E-state index in [4.69, 9.17) is 9.53 Å². The molecule has 1 amide bonds. The molecule has 0 aromatic heterocycles. The molecule has 2 N–H and O–H groups in total. The number of carboxylic acid groups (broad SMARTS) is 1. The third-order valence-electron chi connectivity index (χ3n) is 3.66. The number of rotatable bonds is 6. The third-order valence-corrected chi connectivity index (χ3v) is 8.20. The Hall–Kier alpha value is -0.553. The van der Waals surface area contributed by atoms with Crippen molar-refractivity contribution >= 4 is 14.4 Å². The zero-order valence-corrected chi connectivity index (χ0v) is 13.9. The summed E-state index contributed by atoms with van der Waals surface area (Å²) in [6, 6.07) is 0. The van der Waals surface area contributed by atoms with Gasteiger partial charge in [0.25, 0.3) is 0 Å². The van der Waals surface area contributed by atoms with E-state index in [1.807, 2.05) is 13.8 Å². The van der Waals surface area contributed by atoms with E-state index >= 15 is 0 Å². The average molecular weight is 275 g/mol. The van der Waals surface area contributed by atoms with Crippen LogP contribution in [0.5, 0.6) is 0 Å². The molecule has 4 nitrogen and oxygen atoms in total. The van der Waals surface area contributed by atoms with Gasteiger partial charge in [-0.1, -0.05) is 20.8 Å². The van der Waals surface area contributed by atoms with Crippen LogP contribution >= 0.6 is 0 Å². The molecule has 0 aromatic rings. The van der Waals surface area contributed by atoms with Crippen LogP contribution in [0.4, 0.5) is 4.79 Å². The Morgan fingerprint density at radius 3 is 2.11 bits per heavy atom. The molecule has 5 heteroatoms. The largest absolute Gasteiger partial charge is 0.465 e. The molecule has 0 rings (SSSR count). The Labute approximate surface area is 112 Å². The maximum Gasteiger partial charge on any atom is 0.405 e. The molecule has 0 bridgehead atoms. The second-order valence-electron chi connectivity index (χ2n) is 7.03. The van der Waals surface area contributed by atoms with Crippen molar-refractivity contribution < 1.29 is 14.3 Å². The minimum absolute atomic E-state index is 0.224. The first-order valence-corrected chi connectivity index (χ1v) is 9.43.